The molecule has 0 unspecified atom stereocenters. The summed E-state index contributed by atoms with van der Waals surface area (Å²) in [5.41, 5.74) is 10.7. The largest absolute Gasteiger partial charge is 0.398 e. The van der Waals surface area contributed by atoms with Gasteiger partial charge in [0.2, 0.25) is 0 Å². The van der Waals surface area contributed by atoms with Crippen LogP contribution in [0.2, 0.25) is 5.02 Å². The van der Waals surface area contributed by atoms with Gasteiger partial charge < -0.3 is 11.1 Å². The summed E-state index contributed by atoms with van der Waals surface area (Å²) in [6.45, 7) is 3.96. The maximum atomic E-state index is 6.10. The zero-order valence-electron chi connectivity index (χ0n) is 10.2. The number of hydrogen-bond donors (Lipinski definition) is 2. The summed E-state index contributed by atoms with van der Waals surface area (Å²) in [5, 5.41) is 4.07. The number of nitrogens with two attached hydrogens (primary N) is 1. The fourth-order valence-corrected chi connectivity index (χ4v) is 2.26. The van der Waals surface area contributed by atoms with Crippen molar-refractivity contribution in [3.63, 3.8) is 0 Å². The number of rotatable bonds is 2. The van der Waals surface area contributed by atoms with Gasteiger partial charge in [0.15, 0.2) is 0 Å². The SMILES string of the molecule is Cc1cc(Nc2ccc(C)c(Cl)c2)c(Br)cc1N. The van der Waals surface area contributed by atoms with E-state index in [1.807, 2.05) is 44.2 Å². The Labute approximate surface area is 120 Å². The number of nitrogen functional groups attached to an aromatic ring is 1. The van der Waals surface area contributed by atoms with Gasteiger partial charge in [0.1, 0.15) is 0 Å². The Kier molecular flexibility index (Phi) is 3.83. The van der Waals surface area contributed by atoms with Crippen molar-refractivity contribution < 1.29 is 0 Å². The molecule has 2 aromatic rings. The van der Waals surface area contributed by atoms with E-state index in [9.17, 15) is 0 Å². The predicted octanol–water partition coefficient (Wildman–Crippen LogP) is 5.05. The summed E-state index contributed by atoms with van der Waals surface area (Å²) in [4.78, 5) is 0. The first kappa shape index (κ1) is 13.2. The van der Waals surface area contributed by atoms with Crippen LogP contribution in [0.3, 0.4) is 0 Å². The zero-order chi connectivity index (χ0) is 13.3. The maximum absolute atomic E-state index is 6.10. The number of aryl methyl sites for hydroxylation is 2. The molecule has 18 heavy (non-hydrogen) atoms. The summed E-state index contributed by atoms with van der Waals surface area (Å²) >= 11 is 9.60. The van der Waals surface area contributed by atoms with Gasteiger partial charge in [-0.15, -0.1) is 0 Å². The molecular weight excluding hydrogens is 312 g/mol. The van der Waals surface area contributed by atoms with Crippen LogP contribution in [0, 0.1) is 13.8 Å². The van der Waals surface area contributed by atoms with Crippen LogP contribution < -0.4 is 11.1 Å². The van der Waals surface area contributed by atoms with E-state index in [1.54, 1.807) is 0 Å². The first-order valence-corrected chi connectivity index (χ1v) is 6.73. The van der Waals surface area contributed by atoms with Crippen LogP contribution in [0.1, 0.15) is 11.1 Å². The van der Waals surface area contributed by atoms with Gasteiger partial charge in [-0.2, -0.15) is 0 Å². The second-order valence-corrected chi connectivity index (χ2v) is 5.54. The monoisotopic (exact) mass is 324 g/mol. The topological polar surface area (TPSA) is 38.0 Å². The first-order chi connectivity index (χ1) is 8.47. The summed E-state index contributed by atoms with van der Waals surface area (Å²) in [7, 11) is 0. The standard InChI is InChI=1S/C14H14BrClN2/c1-8-3-4-10(6-12(8)16)18-14-5-9(2)13(17)7-11(14)15/h3-7,18H,17H2,1-2H3. The molecule has 0 bridgehead atoms. The summed E-state index contributed by atoms with van der Waals surface area (Å²) in [5.74, 6) is 0. The van der Waals surface area contributed by atoms with Gasteiger partial charge in [-0.3, -0.25) is 0 Å². The summed E-state index contributed by atoms with van der Waals surface area (Å²) < 4.78 is 0.933. The molecule has 2 nitrogen and oxygen atoms in total. The maximum Gasteiger partial charge on any atom is 0.0532 e. The molecule has 4 heteroatoms. The molecule has 0 heterocycles. The average Bonchev–Trinajstić information content (AvgIpc) is 2.31. The molecule has 0 aliphatic heterocycles. The lowest BCUT2D eigenvalue weighted by molar-refractivity contribution is 1.42. The van der Waals surface area contributed by atoms with Crippen LogP contribution in [0.4, 0.5) is 17.1 Å². The molecule has 3 N–H and O–H groups in total. The van der Waals surface area contributed by atoms with E-state index in [4.69, 9.17) is 17.3 Å². The van der Waals surface area contributed by atoms with Gasteiger partial charge in [-0.1, -0.05) is 17.7 Å². The molecule has 0 spiro atoms. The van der Waals surface area contributed by atoms with Crippen LogP contribution in [0.5, 0.6) is 0 Å². The number of benzene rings is 2. The molecular formula is C14H14BrClN2. The Bertz CT molecular complexity index is 597. The van der Waals surface area contributed by atoms with Crippen LogP contribution in [0.15, 0.2) is 34.8 Å². The molecule has 0 saturated heterocycles. The van der Waals surface area contributed by atoms with Crippen LogP contribution >= 0.6 is 27.5 Å². The van der Waals surface area contributed by atoms with Crippen LogP contribution in [-0.4, -0.2) is 0 Å². The van der Waals surface area contributed by atoms with Crippen LogP contribution in [0.25, 0.3) is 0 Å². The Morgan fingerprint density at radius 1 is 1.11 bits per heavy atom. The van der Waals surface area contributed by atoms with E-state index in [0.717, 1.165) is 37.7 Å². The molecule has 0 radical (unpaired) electrons. The molecule has 0 aliphatic carbocycles. The van der Waals surface area contributed by atoms with E-state index in [0.29, 0.717) is 0 Å². The van der Waals surface area contributed by atoms with Crippen molar-refractivity contribution in [1.82, 2.24) is 0 Å². The molecule has 0 aliphatic rings. The zero-order valence-corrected chi connectivity index (χ0v) is 12.6. The van der Waals surface area contributed by atoms with Gasteiger partial charge in [-0.25, -0.2) is 0 Å². The molecule has 0 amide bonds. The lowest BCUT2D eigenvalue weighted by Crippen LogP contribution is -1.96. The minimum Gasteiger partial charge on any atom is -0.398 e. The fourth-order valence-electron chi connectivity index (χ4n) is 1.62. The minimum absolute atomic E-state index is 0.753. The fraction of sp³-hybridized carbons (Fsp3) is 0.143. The van der Waals surface area contributed by atoms with E-state index in [1.165, 1.54) is 0 Å². The third-order valence-electron chi connectivity index (χ3n) is 2.81. The Balaban J connectivity index is 2.34. The van der Waals surface area contributed by atoms with Crippen molar-refractivity contribution in [3.05, 3.63) is 51.0 Å². The molecule has 0 atom stereocenters. The summed E-state index contributed by atoms with van der Waals surface area (Å²) in [6.07, 6.45) is 0. The van der Waals surface area contributed by atoms with Crippen molar-refractivity contribution in [2.45, 2.75) is 13.8 Å². The quantitative estimate of drug-likeness (QED) is 0.759. The Hall–Kier alpha value is -1.19. The minimum atomic E-state index is 0.753. The Morgan fingerprint density at radius 3 is 2.50 bits per heavy atom. The smallest absolute Gasteiger partial charge is 0.0532 e. The van der Waals surface area contributed by atoms with E-state index < -0.39 is 0 Å². The molecule has 0 fully saturated rings. The van der Waals surface area contributed by atoms with Crippen molar-refractivity contribution in [1.29, 1.82) is 0 Å². The van der Waals surface area contributed by atoms with E-state index in [-0.39, 0.29) is 0 Å². The molecule has 2 rings (SSSR count). The lowest BCUT2D eigenvalue weighted by atomic mass is 10.1. The number of anilines is 3. The number of halogens is 2. The number of hydrogen-bond acceptors (Lipinski definition) is 2. The number of nitrogens with one attached hydrogen (secondary N) is 1. The van der Waals surface area contributed by atoms with Crippen molar-refractivity contribution in [3.8, 4) is 0 Å². The third-order valence-corrected chi connectivity index (χ3v) is 3.87. The van der Waals surface area contributed by atoms with Gasteiger partial charge in [0.25, 0.3) is 0 Å². The highest BCUT2D eigenvalue weighted by Gasteiger charge is 2.05. The predicted molar refractivity (Wildman–Crippen MR) is 82.8 cm³/mol. The lowest BCUT2D eigenvalue weighted by Gasteiger charge is -2.12. The molecule has 0 aromatic heterocycles. The van der Waals surface area contributed by atoms with E-state index in [2.05, 4.69) is 21.2 Å². The first-order valence-electron chi connectivity index (χ1n) is 5.56. The second kappa shape index (κ2) is 5.21. The van der Waals surface area contributed by atoms with Gasteiger partial charge in [-0.05, 0) is 65.2 Å². The molecule has 0 saturated carbocycles. The van der Waals surface area contributed by atoms with Crippen LogP contribution in [-0.2, 0) is 0 Å². The normalized spacial score (nSPS) is 10.4. The van der Waals surface area contributed by atoms with Gasteiger partial charge in [0, 0.05) is 20.9 Å². The highest BCUT2D eigenvalue weighted by atomic mass is 79.9. The van der Waals surface area contributed by atoms with Crippen molar-refractivity contribution >= 4 is 44.6 Å². The third kappa shape index (κ3) is 2.79. The molecule has 94 valence electrons. The highest BCUT2D eigenvalue weighted by molar-refractivity contribution is 9.10. The van der Waals surface area contributed by atoms with Gasteiger partial charge >= 0.3 is 0 Å². The second-order valence-electron chi connectivity index (χ2n) is 4.28. The van der Waals surface area contributed by atoms with Gasteiger partial charge in [0.05, 0.1) is 5.69 Å². The van der Waals surface area contributed by atoms with E-state index >= 15 is 0 Å². The summed E-state index contributed by atoms with van der Waals surface area (Å²) in [6, 6.07) is 9.80. The molecule has 2 aromatic carbocycles. The average molecular weight is 326 g/mol. The highest BCUT2D eigenvalue weighted by Crippen LogP contribution is 2.31. The van der Waals surface area contributed by atoms with Crippen molar-refractivity contribution in [2.24, 2.45) is 0 Å². The Morgan fingerprint density at radius 2 is 1.83 bits per heavy atom. The van der Waals surface area contributed by atoms with Crippen molar-refractivity contribution in [2.75, 3.05) is 11.1 Å².